The predicted octanol–water partition coefficient (Wildman–Crippen LogP) is 1.17. The summed E-state index contributed by atoms with van der Waals surface area (Å²) >= 11 is 5.11. The van der Waals surface area contributed by atoms with E-state index < -0.39 is 21.9 Å². The van der Waals surface area contributed by atoms with E-state index >= 15 is 0 Å². The number of carbonyl (C=O) groups is 1. The maximum atomic E-state index is 12.3. The van der Waals surface area contributed by atoms with Gasteiger partial charge in [0.2, 0.25) is 5.96 Å². The van der Waals surface area contributed by atoms with Crippen LogP contribution in [0, 0.1) is 0 Å². The lowest BCUT2D eigenvalue weighted by Gasteiger charge is -2.11. The standard InChI is InChI=1S/C17H19N5O4S2/c1-2-26-13-5-3-4-11(10-13)15(23)21-17(27)20-12-6-8-14(9-7-12)28(24,25)22-16(18)19/h3-10H,2H2,1H3,(H4,18,19,22)(H2,20,21,23,27). The number of guanidine groups is 1. The van der Waals surface area contributed by atoms with Gasteiger partial charge in [0.05, 0.1) is 11.5 Å². The van der Waals surface area contributed by atoms with Gasteiger partial charge in [0, 0.05) is 11.3 Å². The van der Waals surface area contributed by atoms with Crippen LogP contribution in [-0.2, 0) is 10.0 Å². The van der Waals surface area contributed by atoms with Crippen molar-refractivity contribution in [1.29, 1.82) is 0 Å². The molecule has 2 rings (SSSR count). The summed E-state index contributed by atoms with van der Waals surface area (Å²) in [6.45, 7) is 2.33. The molecule has 0 heterocycles. The number of rotatable bonds is 6. The number of sulfonamides is 1. The van der Waals surface area contributed by atoms with Crippen molar-refractivity contribution in [3.63, 3.8) is 0 Å². The van der Waals surface area contributed by atoms with Crippen LogP contribution in [0.2, 0.25) is 0 Å². The molecule has 0 atom stereocenters. The van der Waals surface area contributed by atoms with Gasteiger partial charge in [0.25, 0.3) is 15.9 Å². The quantitative estimate of drug-likeness (QED) is 0.308. The van der Waals surface area contributed by atoms with E-state index in [1.807, 2.05) is 6.92 Å². The fourth-order valence-electron chi connectivity index (χ4n) is 2.13. The molecule has 0 radical (unpaired) electrons. The molecule has 148 valence electrons. The number of carbonyl (C=O) groups excluding carboxylic acids is 1. The van der Waals surface area contributed by atoms with Crippen LogP contribution in [0.1, 0.15) is 17.3 Å². The van der Waals surface area contributed by atoms with E-state index in [1.165, 1.54) is 24.3 Å². The molecule has 0 saturated carbocycles. The van der Waals surface area contributed by atoms with Crippen LogP contribution in [0.4, 0.5) is 5.69 Å². The van der Waals surface area contributed by atoms with Crippen molar-refractivity contribution < 1.29 is 17.9 Å². The molecular weight excluding hydrogens is 402 g/mol. The van der Waals surface area contributed by atoms with Crippen LogP contribution in [0.3, 0.4) is 0 Å². The van der Waals surface area contributed by atoms with Gasteiger partial charge in [0.15, 0.2) is 5.11 Å². The highest BCUT2D eigenvalue weighted by Gasteiger charge is 2.13. The lowest BCUT2D eigenvalue weighted by Crippen LogP contribution is -2.34. The molecule has 0 saturated heterocycles. The topological polar surface area (TPSA) is 149 Å². The number of anilines is 1. The van der Waals surface area contributed by atoms with E-state index in [4.69, 9.17) is 28.4 Å². The molecule has 2 aromatic rings. The maximum Gasteiger partial charge on any atom is 0.285 e. The van der Waals surface area contributed by atoms with Gasteiger partial charge in [-0.1, -0.05) is 6.07 Å². The number of hydrogen-bond acceptors (Lipinski definition) is 5. The van der Waals surface area contributed by atoms with Gasteiger partial charge in [-0.2, -0.15) is 8.42 Å². The molecule has 6 N–H and O–H groups in total. The Morgan fingerprint density at radius 1 is 1.18 bits per heavy atom. The molecule has 1 amide bonds. The highest BCUT2D eigenvalue weighted by molar-refractivity contribution is 7.90. The highest BCUT2D eigenvalue weighted by Crippen LogP contribution is 2.16. The fraction of sp³-hybridized carbons (Fsp3) is 0.118. The van der Waals surface area contributed by atoms with Crippen molar-refractivity contribution in [2.45, 2.75) is 11.8 Å². The third-order valence-electron chi connectivity index (χ3n) is 3.27. The molecular formula is C17H19N5O4S2. The van der Waals surface area contributed by atoms with E-state index in [1.54, 1.807) is 24.3 Å². The zero-order chi connectivity index (χ0) is 20.7. The van der Waals surface area contributed by atoms with Crippen molar-refractivity contribution in [2.75, 3.05) is 11.9 Å². The summed E-state index contributed by atoms with van der Waals surface area (Å²) in [4.78, 5) is 12.2. The van der Waals surface area contributed by atoms with Gasteiger partial charge in [-0.05, 0) is 61.6 Å². The summed E-state index contributed by atoms with van der Waals surface area (Å²) in [6, 6.07) is 12.2. The van der Waals surface area contributed by atoms with Crippen LogP contribution >= 0.6 is 12.2 Å². The molecule has 0 aliphatic carbocycles. The fourth-order valence-corrected chi connectivity index (χ4v) is 3.21. The number of nitrogens with two attached hydrogens (primary N) is 2. The number of nitrogens with zero attached hydrogens (tertiary/aromatic N) is 1. The molecule has 11 heteroatoms. The Labute approximate surface area is 167 Å². The number of hydrogen-bond donors (Lipinski definition) is 4. The summed E-state index contributed by atoms with van der Waals surface area (Å²) in [7, 11) is -3.97. The van der Waals surface area contributed by atoms with Crippen LogP contribution in [-0.4, -0.2) is 32.0 Å². The first-order chi connectivity index (χ1) is 13.2. The zero-order valence-corrected chi connectivity index (χ0v) is 16.5. The van der Waals surface area contributed by atoms with E-state index in [2.05, 4.69) is 15.0 Å². The minimum Gasteiger partial charge on any atom is -0.494 e. The van der Waals surface area contributed by atoms with E-state index in [0.29, 0.717) is 23.6 Å². The Balaban J connectivity index is 2.02. The zero-order valence-electron chi connectivity index (χ0n) is 14.9. The number of ether oxygens (including phenoxy) is 1. The second-order valence-corrected chi connectivity index (χ2v) is 7.40. The summed E-state index contributed by atoms with van der Waals surface area (Å²) in [5.41, 5.74) is 11.1. The normalized spacial score (nSPS) is 10.6. The van der Waals surface area contributed by atoms with E-state index in [-0.39, 0.29) is 10.0 Å². The van der Waals surface area contributed by atoms with Crippen molar-refractivity contribution in [3.8, 4) is 5.75 Å². The molecule has 0 spiro atoms. The van der Waals surface area contributed by atoms with E-state index in [9.17, 15) is 13.2 Å². The Bertz CT molecular complexity index is 1000. The van der Waals surface area contributed by atoms with Gasteiger partial charge in [-0.3, -0.25) is 10.1 Å². The van der Waals surface area contributed by atoms with Gasteiger partial charge < -0.3 is 21.5 Å². The minimum absolute atomic E-state index is 0.0478. The third-order valence-corrected chi connectivity index (χ3v) is 4.79. The molecule has 0 aromatic heterocycles. The molecule has 28 heavy (non-hydrogen) atoms. The van der Waals surface area contributed by atoms with Crippen LogP contribution < -0.4 is 26.8 Å². The monoisotopic (exact) mass is 421 g/mol. The van der Waals surface area contributed by atoms with Crippen molar-refractivity contribution >= 4 is 44.9 Å². The second kappa shape index (κ2) is 9.15. The second-order valence-electron chi connectivity index (χ2n) is 5.38. The maximum absolute atomic E-state index is 12.3. The van der Waals surface area contributed by atoms with Gasteiger partial charge in [0.1, 0.15) is 5.75 Å². The van der Waals surface area contributed by atoms with Gasteiger partial charge in [-0.15, -0.1) is 4.40 Å². The average Bonchev–Trinajstić information content (AvgIpc) is 2.61. The van der Waals surface area contributed by atoms with E-state index in [0.717, 1.165) is 0 Å². The first-order valence-electron chi connectivity index (χ1n) is 8.02. The van der Waals surface area contributed by atoms with Crippen LogP contribution in [0.15, 0.2) is 57.8 Å². The van der Waals surface area contributed by atoms with Crippen LogP contribution in [0.25, 0.3) is 0 Å². The van der Waals surface area contributed by atoms with Crippen molar-refractivity contribution in [2.24, 2.45) is 15.9 Å². The average molecular weight is 422 g/mol. The number of benzene rings is 2. The Hall–Kier alpha value is -3.18. The first kappa shape index (κ1) is 21.1. The van der Waals surface area contributed by atoms with Crippen molar-refractivity contribution in [1.82, 2.24) is 5.32 Å². The minimum atomic E-state index is -3.97. The molecule has 0 fully saturated rings. The Morgan fingerprint density at radius 2 is 1.86 bits per heavy atom. The molecule has 2 aromatic carbocycles. The lowest BCUT2D eigenvalue weighted by atomic mass is 10.2. The smallest absolute Gasteiger partial charge is 0.285 e. The van der Waals surface area contributed by atoms with Crippen LogP contribution in [0.5, 0.6) is 5.75 Å². The molecule has 0 aliphatic rings. The predicted molar refractivity (Wildman–Crippen MR) is 111 cm³/mol. The van der Waals surface area contributed by atoms with Gasteiger partial charge in [-0.25, -0.2) is 0 Å². The number of amides is 1. The highest BCUT2D eigenvalue weighted by atomic mass is 32.2. The lowest BCUT2D eigenvalue weighted by molar-refractivity contribution is 0.0977. The number of nitrogens with one attached hydrogen (secondary N) is 2. The SMILES string of the molecule is CCOc1cccc(C(=O)NC(=S)Nc2ccc(S(=O)(=O)N=C(N)N)cc2)c1. The molecule has 0 bridgehead atoms. The molecule has 9 nitrogen and oxygen atoms in total. The largest absolute Gasteiger partial charge is 0.494 e. The Kier molecular flexibility index (Phi) is 6.90. The molecule has 0 unspecified atom stereocenters. The third kappa shape index (κ3) is 5.93. The number of thiocarbonyl (C=S) groups is 1. The van der Waals surface area contributed by atoms with Gasteiger partial charge >= 0.3 is 0 Å². The first-order valence-corrected chi connectivity index (χ1v) is 9.87. The Morgan fingerprint density at radius 3 is 2.46 bits per heavy atom. The van der Waals surface area contributed by atoms with Crippen molar-refractivity contribution in [3.05, 3.63) is 54.1 Å². The summed E-state index contributed by atoms with van der Waals surface area (Å²) in [6.07, 6.45) is 0. The summed E-state index contributed by atoms with van der Waals surface area (Å²) in [5.74, 6) is -0.392. The summed E-state index contributed by atoms with van der Waals surface area (Å²) < 4.78 is 32.3. The molecule has 0 aliphatic heterocycles. The summed E-state index contributed by atoms with van der Waals surface area (Å²) in [5, 5.41) is 5.38.